The van der Waals surface area contributed by atoms with Crippen LogP contribution in [0.25, 0.3) is 0 Å². The predicted molar refractivity (Wildman–Crippen MR) is 68.5 cm³/mol. The topological polar surface area (TPSA) is 49.4 Å². The van der Waals surface area contributed by atoms with Crippen molar-refractivity contribution in [3.8, 4) is 12.3 Å². The van der Waals surface area contributed by atoms with Crippen molar-refractivity contribution in [1.82, 2.24) is 10.2 Å². The van der Waals surface area contributed by atoms with Crippen LogP contribution < -0.4 is 5.32 Å². The number of carbonyl (C=O) groups excluding carboxylic acids is 2. The van der Waals surface area contributed by atoms with Gasteiger partial charge in [-0.05, 0) is 39.5 Å². The quantitative estimate of drug-likeness (QED) is 0.739. The highest BCUT2D eigenvalue weighted by Gasteiger charge is 2.52. The lowest BCUT2D eigenvalue weighted by Gasteiger charge is -2.39. The van der Waals surface area contributed by atoms with E-state index < -0.39 is 11.1 Å². The minimum Gasteiger partial charge on any atom is -0.342 e. The third kappa shape index (κ3) is 1.98. The van der Waals surface area contributed by atoms with Crippen LogP contribution in [0.3, 0.4) is 0 Å². The van der Waals surface area contributed by atoms with E-state index in [1.165, 1.54) is 0 Å². The number of rotatable bonds is 2. The van der Waals surface area contributed by atoms with Crippen molar-refractivity contribution in [2.75, 3.05) is 6.54 Å². The van der Waals surface area contributed by atoms with Crippen molar-refractivity contribution in [2.45, 2.75) is 51.1 Å². The molecule has 98 valence electrons. The summed E-state index contributed by atoms with van der Waals surface area (Å²) in [5.41, 5.74) is -1.43. The monoisotopic (exact) mass is 248 g/mol. The first-order chi connectivity index (χ1) is 8.31. The predicted octanol–water partition coefficient (Wildman–Crippen LogP) is 0.915. The van der Waals surface area contributed by atoms with Crippen molar-refractivity contribution < 1.29 is 9.59 Å². The number of terminal acetylenes is 1. The van der Waals surface area contributed by atoms with Gasteiger partial charge >= 0.3 is 0 Å². The van der Waals surface area contributed by atoms with E-state index >= 15 is 0 Å². The summed E-state index contributed by atoms with van der Waals surface area (Å²) in [6, 6.07) is 0. The lowest BCUT2D eigenvalue weighted by atomic mass is 9.91. The molecule has 2 aliphatic rings. The summed E-state index contributed by atoms with van der Waals surface area (Å²) < 4.78 is 0. The molecule has 1 heterocycles. The molecule has 0 aromatic carbocycles. The van der Waals surface area contributed by atoms with Crippen LogP contribution in [0.15, 0.2) is 0 Å². The molecule has 1 atom stereocenters. The highest BCUT2D eigenvalue weighted by molar-refractivity contribution is 5.94. The van der Waals surface area contributed by atoms with Gasteiger partial charge in [0.1, 0.15) is 5.54 Å². The first kappa shape index (κ1) is 12.9. The Balaban J connectivity index is 2.36. The molecule has 2 rings (SSSR count). The lowest BCUT2D eigenvalue weighted by molar-refractivity contribution is -0.142. The number of nitrogens with one attached hydrogen (secondary N) is 1. The molecule has 2 fully saturated rings. The molecule has 0 spiro atoms. The Labute approximate surface area is 108 Å². The molecule has 1 unspecified atom stereocenters. The minimum atomic E-state index is -0.776. The molecule has 0 radical (unpaired) electrons. The number of hydrogen-bond acceptors (Lipinski definition) is 2. The molecule has 0 aromatic heterocycles. The van der Waals surface area contributed by atoms with Crippen LogP contribution in [0.1, 0.15) is 40.0 Å². The molecule has 1 N–H and O–H groups in total. The maximum atomic E-state index is 12.7. The van der Waals surface area contributed by atoms with Gasteiger partial charge in [0.25, 0.3) is 0 Å². The zero-order valence-electron chi connectivity index (χ0n) is 11.2. The molecule has 1 aliphatic carbocycles. The first-order valence-electron chi connectivity index (χ1n) is 6.42. The molecular formula is C14H20N2O2. The Morgan fingerprint density at radius 3 is 2.56 bits per heavy atom. The maximum Gasteiger partial charge on any atom is 0.249 e. The summed E-state index contributed by atoms with van der Waals surface area (Å²) in [4.78, 5) is 26.2. The molecular weight excluding hydrogens is 228 g/mol. The van der Waals surface area contributed by atoms with Gasteiger partial charge in [-0.1, -0.05) is 5.92 Å². The average molecular weight is 248 g/mol. The normalized spacial score (nSPS) is 29.6. The summed E-state index contributed by atoms with van der Waals surface area (Å²) in [5, 5.41) is 2.89. The molecule has 18 heavy (non-hydrogen) atoms. The Morgan fingerprint density at radius 1 is 1.44 bits per heavy atom. The maximum absolute atomic E-state index is 12.7. The van der Waals surface area contributed by atoms with Crippen molar-refractivity contribution >= 4 is 11.8 Å². The highest BCUT2D eigenvalue weighted by Crippen LogP contribution is 2.42. The minimum absolute atomic E-state index is 0.0428. The van der Waals surface area contributed by atoms with Gasteiger partial charge in [-0.2, -0.15) is 0 Å². The van der Waals surface area contributed by atoms with Crippen molar-refractivity contribution in [3.05, 3.63) is 0 Å². The number of hydrogen-bond donors (Lipinski definition) is 1. The molecule has 1 aliphatic heterocycles. The lowest BCUT2D eigenvalue weighted by Crippen LogP contribution is -2.60. The van der Waals surface area contributed by atoms with Gasteiger partial charge in [0, 0.05) is 13.0 Å². The van der Waals surface area contributed by atoms with E-state index in [2.05, 4.69) is 11.2 Å². The molecule has 4 nitrogen and oxygen atoms in total. The van der Waals surface area contributed by atoms with Gasteiger partial charge in [-0.15, -0.1) is 6.42 Å². The first-order valence-corrected chi connectivity index (χ1v) is 6.42. The van der Waals surface area contributed by atoms with Crippen LogP contribution in [0, 0.1) is 18.3 Å². The van der Waals surface area contributed by atoms with E-state index in [9.17, 15) is 9.59 Å². The Hall–Kier alpha value is -1.50. The van der Waals surface area contributed by atoms with Crippen LogP contribution in [0.2, 0.25) is 0 Å². The molecule has 1 saturated heterocycles. The van der Waals surface area contributed by atoms with Crippen LogP contribution in [-0.4, -0.2) is 34.3 Å². The van der Waals surface area contributed by atoms with Crippen LogP contribution >= 0.6 is 0 Å². The van der Waals surface area contributed by atoms with Gasteiger partial charge in [-0.25, -0.2) is 0 Å². The highest BCUT2D eigenvalue weighted by atomic mass is 16.2. The van der Waals surface area contributed by atoms with E-state index in [4.69, 9.17) is 6.42 Å². The summed E-state index contributed by atoms with van der Waals surface area (Å²) >= 11 is 0. The standard InChI is InChI=1S/C14H20N2O2/c1-5-13(2,3)16-9-8-11(17)15-14(4,12(16)18)10-6-7-10/h1,10H,6-9H2,2-4H3,(H,15,17). The summed E-state index contributed by atoms with van der Waals surface area (Å²) in [6.45, 7) is 5.90. The van der Waals surface area contributed by atoms with Gasteiger partial charge in [-0.3, -0.25) is 9.59 Å². The second kappa shape index (κ2) is 4.01. The van der Waals surface area contributed by atoms with E-state index in [1.54, 1.807) is 4.90 Å². The molecule has 0 bridgehead atoms. The SMILES string of the molecule is C#CC(C)(C)N1CCC(=O)NC(C)(C2CC2)C1=O. The van der Waals surface area contributed by atoms with Crippen molar-refractivity contribution in [2.24, 2.45) is 5.92 Å². The third-order valence-electron chi connectivity index (χ3n) is 4.07. The van der Waals surface area contributed by atoms with Crippen LogP contribution in [0.4, 0.5) is 0 Å². The Morgan fingerprint density at radius 2 is 2.06 bits per heavy atom. The van der Waals surface area contributed by atoms with Gasteiger partial charge in [0.2, 0.25) is 11.8 Å². The number of carbonyl (C=O) groups is 2. The summed E-state index contributed by atoms with van der Waals surface area (Å²) in [5.74, 6) is 2.80. The van der Waals surface area contributed by atoms with Crippen molar-refractivity contribution in [3.63, 3.8) is 0 Å². The molecule has 1 saturated carbocycles. The molecule has 4 heteroatoms. The van der Waals surface area contributed by atoms with E-state index in [-0.39, 0.29) is 17.7 Å². The van der Waals surface area contributed by atoms with Crippen molar-refractivity contribution in [1.29, 1.82) is 0 Å². The Bertz CT molecular complexity index is 432. The van der Waals surface area contributed by atoms with E-state index in [0.29, 0.717) is 13.0 Å². The van der Waals surface area contributed by atoms with Gasteiger partial charge in [0.15, 0.2) is 0 Å². The fraction of sp³-hybridized carbons (Fsp3) is 0.714. The van der Waals surface area contributed by atoms with E-state index in [0.717, 1.165) is 12.8 Å². The Kier molecular flexibility index (Phi) is 2.89. The zero-order chi connectivity index (χ0) is 13.6. The fourth-order valence-corrected chi connectivity index (χ4v) is 2.55. The molecule has 2 amide bonds. The summed E-state index contributed by atoms with van der Waals surface area (Å²) in [7, 11) is 0. The van der Waals surface area contributed by atoms with Crippen LogP contribution in [0.5, 0.6) is 0 Å². The zero-order valence-corrected chi connectivity index (χ0v) is 11.2. The summed E-state index contributed by atoms with van der Waals surface area (Å²) in [6.07, 6.45) is 7.82. The number of nitrogens with zero attached hydrogens (tertiary/aromatic N) is 1. The van der Waals surface area contributed by atoms with Gasteiger partial charge in [0.05, 0.1) is 5.54 Å². The average Bonchev–Trinajstić information content (AvgIpc) is 3.11. The number of amides is 2. The van der Waals surface area contributed by atoms with Crippen LogP contribution in [-0.2, 0) is 9.59 Å². The second-order valence-corrected chi connectivity index (χ2v) is 5.93. The third-order valence-corrected chi connectivity index (χ3v) is 4.07. The largest absolute Gasteiger partial charge is 0.342 e. The van der Waals surface area contributed by atoms with Gasteiger partial charge < -0.3 is 10.2 Å². The smallest absolute Gasteiger partial charge is 0.249 e. The fourth-order valence-electron chi connectivity index (χ4n) is 2.55. The second-order valence-electron chi connectivity index (χ2n) is 5.93. The van der Waals surface area contributed by atoms with E-state index in [1.807, 2.05) is 20.8 Å². The molecule has 0 aromatic rings.